The SMILES string of the molecule is CCOC(C)C(=O)N1Cc2cnnn2Cc2ccccc21. The van der Waals surface area contributed by atoms with Gasteiger partial charge in [-0.1, -0.05) is 23.4 Å². The molecule has 1 aliphatic rings. The molecule has 1 aromatic heterocycles. The lowest BCUT2D eigenvalue weighted by Crippen LogP contribution is -2.39. The number of anilines is 1. The summed E-state index contributed by atoms with van der Waals surface area (Å²) in [7, 11) is 0. The molecule has 0 bridgehead atoms. The molecule has 0 radical (unpaired) electrons. The highest BCUT2D eigenvalue weighted by atomic mass is 16.5. The number of fused-ring (bicyclic) bond motifs is 2. The van der Waals surface area contributed by atoms with Gasteiger partial charge in [-0.25, -0.2) is 4.68 Å². The number of benzene rings is 1. The number of rotatable bonds is 3. The van der Waals surface area contributed by atoms with Crippen LogP contribution in [0.4, 0.5) is 5.69 Å². The summed E-state index contributed by atoms with van der Waals surface area (Å²) >= 11 is 0. The first-order chi connectivity index (χ1) is 10.2. The molecule has 0 N–H and O–H groups in total. The predicted octanol–water partition coefficient (Wildman–Crippen LogP) is 1.60. The molecule has 3 rings (SSSR count). The number of hydrogen-bond acceptors (Lipinski definition) is 4. The zero-order chi connectivity index (χ0) is 14.8. The summed E-state index contributed by atoms with van der Waals surface area (Å²) in [5.74, 6) is -0.0426. The van der Waals surface area contributed by atoms with Crippen molar-refractivity contribution in [1.82, 2.24) is 15.0 Å². The Hall–Kier alpha value is -2.21. The summed E-state index contributed by atoms with van der Waals surface area (Å²) in [5.41, 5.74) is 2.89. The second-order valence-electron chi connectivity index (χ2n) is 5.03. The lowest BCUT2D eigenvalue weighted by molar-refractivity contribution is -0.128. The fourth-order valence-corrected chi connectivity index (χ4v) is 2.59. The van der Waals surface area contributed by atoms with E-state index in [0.29, 0.717) is 19.7 Å². The molecule has 0 saturated carbocycles. The highest BCUT2D eigenvalue weighted by molar-refractivity contribution is 5.97. The zero-order valence-corrected chi connectivity index (χ0v) is 12.2. The molecule has 1 aliphatic heterocycles. The zero-order valence-electron chi connectivity index (χ0n) is 12.2. The van der Waals surface area contributed by atoms with Crippen molar-refractivity contribution >= 4 is 11.6 Å². The maximum atomic E-state index is 12.7. The standard InChI is InChI=1S/C15H18N4O2/c1-3-21-11(2)15(20)18-10-13-8-16-17-19(13)9-12-6-4-5-7-14(12)18/h4-8,11H,3,9-10H2,1-2H3. The number of aromatic nitrogens is 3. The van der Waals surface area contributed by atoms with E-state index in [0.717, 1.165) is 16.9 Å². The Morgan fingerprint density at radius 1 is 1.38 bits per heavy atom. The van der Waals surface area contributed by atoms with Crippen LogP contribution in [0.25, 0.3) is 0 Å². The van der Waals surface area contributed by atoms with E-state index in [1.165, 1.54) is 0 Å². The monoisotopic (exact) mass is 286 g/mol. The van der Waals surface area contributed by atoms with Crippen LogP contribution in [0, 0.1) is 0 Å². The van der Waals surface area contributed by atoms with Crippen LogP contribution in [-0.4, -0.2) is 33.6 Å². The normalized spacial score (nSPS) is 15.0. The van der Waals surface area contributed by atoms with Crippen LogP contribution in [0.2, 0.25) is 0 Å². The molecule has 1 unspecified atom stereocenters. The van der Waals surface area contributed by atoms with Crippen molar-refractivity contribution in [3.8, 4) is 0 Å². The van der Waals surface area contributed by atoms with E-state index in [4.69, 9.17) is 4.74 Å². The smallest absolute Gasteiger partial charge is 0.256 e. The lowest BCUT2D eigenvalue weighted by atomic mass is 10.1. The number of para-hydroxylation sites is 1. The van der Waals surface area contributed by atoms with Gasteiger partial charge in [-0.2, -0.15) is 0 Å². The van der Waals surface area contributed by atoms with E-state index < -0.39 is 6.10 Å². The maximum absolute atomic E-state index is 12.7. The van der Waals surface area contributed by atoms with Crippen LogP contribution in [0.1, 0.15) is 25.1 Å². The van der Waals surface area contributed by atoms with Crippen molar-refractivity contribution in [1.29, 1.82) is 0 Å². The Bertz CT molecular complexity index is 653. The number of carbonyl (C=O) groups is 1. The van der Waals surface area contributed by atoms with Gasteiger partial charge in [-0.15, -0.1) is 5.10 Å². The number of hydrogen-bond donors (Lipinski definition) is 0. The van der Waals surface area contributed by atoms with E-state index in [1.54, 1.807) is 18.0 Å². The molecular weight excluding hydrogens is 268 g/mol. The van der Waals surface area contributed by atoms with Gasteiger partial charge in [0.2, 0.25) is 0 Å². The second kappa shape index (κ2) is 5.65. The Morgan fingerprint density at radius 2 is 2.19 bits per heavy atom. The molecule has 2 aromatic rings. The van der Waals surface area contributed by atoms with Crippen LogP contribution in [0.5, 0.6) is 0 Å². The van der Waals surface area contributed by atoms with Crippen LogP contribution in [0.15, 0.2) is 30.5 Å². The van der Waals surface area contributed by atoms with Gasteiger partial charge in [0.1, 0.15) is 6.10 Å². The van der Waals surface area contributed by atoms with Crippen molar-refractivity contribution in [3.05, 3.63) is 41.7 Å². The molecule has 1 atom stereocenters. The summed E-state index contributed by atoms with van der Waals surface area (Å²) in [6, 6.07) is 7.88. The van der Waals surface area contributed by atoms with Gasteiger partial charge in [0.25, 0.3) is 5.91 Å². The van der Waals surface area contributed by atoms with Gasteiger partial charge in [0.05, 0.1) is 25.0 Å². The molecule has 0 fully saturated rings. The Kier molecular flexibility index (Phi) is 3.70. The minimum Gasteiger partial charge on any atom is -0.369 e. The third-order valence-corrected chi connectivity index (χ3v) is 3.65. The van der Waals surface area contributed by atoms with E-state index >= 15 is 0 Å². The summed E-state index contributed by atoms with van der Waals surface area (Å²) < 4.78 is 7.28. The largest absolute Gasteiger partial charge is 0.369 e. The van der Waals surface area contributed by atoms with Crippen LogP contribution >= 0.6 is 0 Å². The molecule has 110 valence electrons. The number of ether oxygens (including phenoxy) is 1. The minimum absolute atomic E-state index is 0.0426. The van der Waals surface area contributed by atoms with Gasteiger partial charge in [-0.3, -0.25) is 4.79 Å². The molecular formula is C15H18N4O2. The summed E-state index contributed by atoms with van der Waals surface area (Å²) in [6.45, 7) is 5.27. The third kappa shape index (κ3) is 2.54. The van der Waals surface area contributed by atoms with Gasteiger partial charge in [0, 0.05) is 12.3 Å². The Labute approximate surface area is 123 Å². The highest BCUT2D eigenvalue weighted by Gasteiger charge is 2.27. The van der Waals surface area contributed by atoms with Crippen LogP contribution < -0.4 is 4.90 Å². The lowest BCUT2D eigenvalue weighted by Gasteiger charge is -2.25. The number of nitrogens with zero attached hydrogens (tertiary/aromatic N) is 4. The van der Waals surface area contributed by atoms with E-state index in [-0.39, 0.29) is 5.91 Å². The first-order valence-corrected chi connectivity index (χ1v) is 7.09. The van der Waals surface area contributed by atoms with Gasteiger partial charge < -0.3 is 9.64 Å². The molecule has 0 saturated heterocycles. The van der Waals surface area contributed by atoms with Crippen LogP contribution in [0.3, 0.4) is 0 Å². The van der Waals surface area contributed by atoms with Crippen molar-refractivity contribution in [2.45, 2.75) is 33.0 Å². The quantitative estimate of drug-likeness (QED) is 0.860. The molecule has 1 aromatic carbocycles. The molecule has 1 amide bonds. The van der Waals surface area contributed by atoms with E-state index in [9.17, 15) is 4.79 Å². The predicted molar refractivity (Wildman–Crippen MR) is 77.8 cm³/mol. The summed E-state index contributed by atoms with van der Waals surface area (Å²) in [6.07, 6.45) is 1.24. The van der Waals surface area contributed by atoms with Crippen molar-refractivity contribution in [2.24, 2.45) is 0 Å². The summed E-state index contributed by atoms with van der Waals surface area (Å²) in [5, 5.41) is 8.03. The summed E-state index contributed by atoms with van der Waals surface area (Å²) in [4.78, 5) is 14.4. The number of carbonyl (C=O) groups excluding carboxylic acids is 1. The number of amides is 1. The minimum atomic E-state index is -0.467. The van der Waals surface area contributed by atoms with Gasteiger partial charge in [-0.05, 0) is 25.5 Å². The van der Waals surface area contributed by atoms with Crippen LogP contribution in [-0.2, 0) is 22.6 Å². The van der Waals surface area contributed by atoms with Crippen molar-refractivity contribution < 1.29 is 9.53 Å². The topological polar surface area (TPSA) is 60.2 Å². The van der Waals surface area contributed by atoms with E-state index in [2.05, 4.69) is 10.3 Å². The molecule has 6 heteroatoms. The average Bonchev–Trinajstić information content (AvgIpc) is 2.86. The molecule has 0 aliphatic carbocycles. The van der Waals surface area contributed by atoms with Gasteiger partial charge in [0.15, 0.2) is 0 Å². The Morgan fingerprint density at radius 3 is 3.00 bits per heavy atom. The molecule has 6 nitrogen and oxygen atoms in total. The highest BCUT2D eigenvalue weighted by Crippen LogP contribution is 2.27. The molecule has 21 heavy (non-hydrogen) atoms. The molecule has 0 spiro atoms. The Balaban J connectivity index is 2.01. The van der Waals surface area contributed by atoms with Crippen molar-refractivity contribution in [3.63, 3.8) is 0 Å². The second-order valence-corrected chi connectivity index (χ2v) is 5.03. The maximum Gasteiger partial charge on any atom is 0.256 e. The fraction of sp³-hybridized carbons (Fsp3) is 0.400. The van der Waals surface area contributed by atoms with Gasteiger partial charge >= 0.3 is 0 Å². The first-order valence-electron chi connectivity index (χ1n) is 7.09. The van der Waals surface area contributed by atoms with Crippen molar-refractivity contribution in [2.75, 3.05) is 11.5 Å². The third-order valence-electron chi connectivity index (χ3n) is 3.65. The first kappa shape index (κ1) is 13.8. The fourth-order valence-electron chi connectivity index (χ4n) is 2.59. The molecule has 2 heterocycles. The average molecular weight is 286 g/mol. The van der Waals surface area contributed by atoms with E-state index in [1.807, 2.05) is 35.9 Å².